The molecule has 0 radical (unpaired) electrons. The van der Waals surface area contributed by atoms with E-state index in [4.69, 9.17) is 9.47 Å². The van der Waals surface area contributed by atoms with Gasteiger partial charge in [-0.15, -0.1) is 11.8 Å². The van der Waals surface area contributed by atoms with Gasteiger partial charge in [-0.2, -0.15) is 5.10 Å². The number of nitrogens with zero attached hydrogens (tertiary/aromatic N) is 1. The summed E-state index contributed by atoms with van der Waals surface area (Å²) in [7, 11) is 1.64. The Morgan fingerprint density at radius 1 is 1.17 bits per heavy atom. The number of rotatable bonds is 5. The highest BCUT2D eigenvalue weighted by Crippen LogP contribution is 2.47. The first-order chi connectivity index (χ1) is 14.1. The van der Waals surface area contributed by atoms with E-state index in [1.54, 1.807) is 18.9 Å². The van der Waals surface area contributed by atoms with E-state index in [1.165, 1.54) is 5.56 Å². The van der Waals surface area contributed by atoms with Crippen LogP contribution in [0.3, 0.4) is 0 Å². The van der Waals surface area contributed by atoms with Crippen molar-refractivity contribution >= 4 is 23.5 Å². The largest absolute Gasteiger partial charge is 0.493 e. The third-order valence-electron chi connectivity index (χ3n) is 4.91. The number of nitrogens with one attached hydrogen (secondary N) is 2. The summed E-state index contributed by atoms with van der Waals surface area (Å²) in [5.74, 6) is 2.22. The number of amides is 1. The van der Waals surface area contributed by atoms with Crippen molar-refractivity contribution in [3.8, 4) is 11.5 Å². The van der Waals surface area contributed by atoms with Crippen molar-refractivity contribution in [1.82, 2.24) is 10.2 Å². The van der Waals surface area contributed by atoms with E-state index in [9.17, 15) is 4.79 Å². The molecule has 0 saturated carbocycles. The lowest BCUT2D eigenvalue weighted by Crippen LogP contribution is -2.12. The van der Waals surface area contributed by atoms with E-state index in [0.717, 1.165) is 22.4 Å². The molecule has 1 aliphatic heterocycles. The zero-order valence-electron chi connectivity index (χ0n) is 16.6. The summed E-state index contributed by atoms with van der Waals surface area (Å²) >= 11 is 1.56. The Labute approximate surface area is 174 Å². The molecule has 6 nitrogen and oxygen atoms in total. The number of hydrogen-bond donors (Lipinski definition) is 2. The number of para-hydroxylation sites is 1. The van der Waals surface area contributed by atoms with Crippen LogP contribution >= 0.6 is 11.8 Å². The topological polar surface area (TPSA) is 76.2 Å². The number of H-pyrrole nitrogens is 1. The van der Waals surface area contributed by atoms with Gasteiger partial charge in [0, 0.05) is 16.8 Å². The number of aromatic nitrogens is 2. The summed E-state index contributed by atoms with van der Waals surface area (Å²) in [6.45, 7) is 4.45. The molecular formula is C22H23N3O3S. The molecule has 1 aromatic heterocycles. The first-order valence-electron chi connectivity index (χ1n) is 9.38. The number of methoxy groups -OCH3 is 1. The molecule has 1 aliphatic rings. The number of thioether (sulfide) groups is 1. The highest BCUT2D eigenvalue weighted by molar-refractivity contribution is 8.00. The molecule has 0 aliphatic carbocycles. The molecule has 2 heterocycles. The van der Waals surface area contributed by atoms with Crippen molar-refractivity contribution in [1.29, 1.82) is 0 Å². The Morgan fingerprint density at radius 2 is 1.97 bits per heavy atom. The first-order valence-corrected chi connectivity index (χ1v) is 10.4. The fourth-order valence-corrected chi connectivity index (χ4v) is 4.61. The molecule has 0 unspecified atom stereocenters. The number of aromatic amines is 1. The SMILES string of the molecule is COc1cccc([C@@H]2SCC(=O)Nc3n[nH]c(C)c32)c1OCc1ccc(C)cc1. The lowest BCUT2D eigenvalue weighted by atomic mass is 10.0. The smallest absolute Gasteiger partial charge is 0.235 e. The third-order valence-corrected chi connectivity index (χ3v) is 6.16. The van der Waals surface area contributed by atoms with E-state index in [2.05, 4.69) is 46.7 Å². The van der Waals surface area contributed by atoms with Crippen molar-refractivity contribution in [3.63, 3.8) is 0 Å². The van der Waals surface area contributed by atoms with Crippen molar-refractivity contribution in [3.05, 3.63) is 70.4 Å². The summed E-state index contributed by atoms with van der Waals surface area (Å²) in [6, 6.07) is 14.1. The van der Waals surface area contributed by atoms with Gasteiger partial charge in [-0.25, -0.2) is 0 Å². The number of benzene rings is 2. The monoisotopic (exact) mass is 409 g/mol. The van der Waals surface area contributed by atoms with Crippen LogP contribution in [0.5, 0.6) is 11.5 Å². The quantitative estimate of drug-likeness (QED) is 0.654. The summed E-state index contributed by atoms with van der Waals surface area (Å²) in [5, 5.41) is 10.0. The summed E-state index contributed by atoms with van der Waals surface area (Å²) < 4.78 is 11.9. The van der Waals surface area contributed by atoms with Gasteiger partial charge >= 0.3 is 0 Å². The average molecular weight is 410 g/mol. The minimum absolute atomic E-state index is 0.0599. The molecule has 1 atom stereocenters. The number of anilines is 1. The Kier molecular flexibility index (Phi) is 5.49. The number of ether oxygens (including phenoxy) is 2. The molecule has 2 N–H and O–H groups in total. The second-order valence-electron chi connectivity index (χ2n) is 7.00. The first kappa shape index (κ1) is 19.4. The summed E-state index contributed by atoms with van der Waals surface area (Å²) in [6.07, 6.45) is 0. The van der Waals surface area contributed by atoms with E-state index >= 15 is 0 Å². The van der Waals surface area contributed by atoms with Gasteiger partial charge in [0.05, 0.1) is 18.1 Å². The average Bonchev–Trinajstić information content (AvgIpc) is 2.98. The summed E-state index contributed by atoms with van der Waals surface area (Å²) in [5.41, 5.74) is 5.14. The van der Waals surface area contributed by atoms with Crippen LogP contribution in [0.25, 0.3) is 0 Å². The van der Waals surface area contributed by atoms with E-state index in [1.807, 2.05) is 25.1 Å². The summed E-state index contributed by atoms with van der Waals surface area (Å²) in [4.78, 5) is 12.1. The lowest BCUT2D eigenvalue weighted by molar-refractivity contribution is -0.113. The van der Waals surface area contributed by atoms with Gasteiger partial charge in [-0.3, -0.25) is 9.89 Å². The molecule has 29 heavy (non-hydrogen) atoms. The molecule has 3 aromatic rings. The highest BCUT2D eigenvalue weighted by Gasteiger charge is 2.31. The Balaban J connectivity index is 1.73. The second kappa shape index (κ2) is 8.21. The minimum atomic E-state index is -0.106. The maximum atomic E-state index is 12.1. The molecule has 4 rings (SSSR count). The van der Waals surface area contributed by atoms with Gasteiger partial charge in [0.2, 0.25) is 5.91 Å². The fourth-order valence-electron chi connectivity index (χ4n) is 3.40. The van der Waals surface area contributed by atoms with Gasteiger partial charge in [0.1, 0.15) is 6.61 Å². The number of hydrogen-bond acceptors (Lipinski definition) is 5. The van der Waals surface area contributed by atoms with Gasteiger partial charge in [-0.1, -0.05) is 42.0 Å². The van der Waals surface area contributed by atoms with Gasteiger partial charge < -0.3 is 14.8 Å². The Morgan fingerprint density at radius 3 is 2.72 bits per heavy atom. The molecule has 0 saturated heterocycles. The van der Waals surface area contributed by atoms with E-state index < -0.39 is 0 Å². The van der Waals surface area contributed by atoms with E-state index in [-0.39, 0.29) is 11.2 Å². The molecule has 0 bridgehead atoms. The molecule has 0 spiro atoms. The molecule has 7 heteroatoms. The number of carbonyl (C=O) groups excluding carboxylic acids is 1. The highest BCUT2D eigenvalue weighted by atomic mass is 32.2. The van der Waals surface area contributed by atoms with Crippen molar-refractivity contribution in [2.75, 3.05) is 18.2 Å². The normalized spacial score (nSPS) is 16.0. The van der Waals surface area contributed by atoms with Crippen molar-refractivity contribution in [2.45, 2.75) is 25.7 Å². The van der Waals surface area contributed by atoms with Crippen molar-refractivity contribution in [2.24, 2.45) is 0 Å². The van der Waals surface area contributed by atoms with Crippen LogP contribution in [-0.2, 0) is 11.4 Å². The minimum Gasteiger partial charge on any atom is -0.493 e. The third kappa shape index (κ3) is 3.96. The predicted octanol–water partition coefficient (Wildman–Crippen LogP) is 4.39. The molecule has 2 aromatic carbocycles. The predicted molar refractivity (Wildman–Crippen MR) is 115 cm³/mol. The lowest BCUT2D eigenvalue weighted by Gasteiger charge is -2.21. The zero-order valence-corrected chi connectivity index (χ0v) is 17.4. The standard InChI is InChI=1S/C22H23N3O3S/c1-13-7-9-15(10-8-13)11-28-20-16(5-4-6-17(20)27-3)21-19-14(2)24-25-22(19)23-18(26)12-29-21/h4-10,21H,11-12H2,1-3H3,(H2,23,24,25,26)/t21-/m0/s1. The van der Waals surface area contributed by atoms with Crippen LogP contribution < -0.4 is 14.8 Å². The van der Waals surface area contributed by atoms with Gasteiger partial charge in [0.15, 0.2) is 17.3 Å². The van der Waals surface area contributed by atoms with Gasteiger partial charge in [-0.05, 0) is 25.5 Å². The fraction of sp³-hybridized carbons (Fsp3) is 0.273. The van der Waals surface area contributed by atoms with Crippen LogP contribution in [0.15, 0.2) is 42.5 Å². The maximum Gasteiger partial charge on any atom is 0.235 e. The van der Waals surface area contributed by atoms with Gasteiger partial charge in [0.25, 0.3) is 0 Å². The molecule has 150 valence electrons. The van der Waals surface area contributed by atoms with Crippen LogP contribution in [0.1, 0.15) is 33.2 Å². The molecule has 0 fully saturated rings. The second-order valence-corrected chi connectivity index (χ2v) is 8.10. The van der Waals surface area contributed by atoms with Crippen LogP contribution in [0.2, 0.25) is 0 Å². The van der Waals surface area contributed by atoms with Crippen LogP contribution in [0.4, 0.5) is 5.82 Å². The Hall–Kier alpha value is -2.93. The molecule has 1 amide bonds. The number of aryl methyl sites for hydroxylation is 2. The van der Waals surface area contributed by atoms with Crippen LogP contribution in [0, 0.1) is 13.8 Å². The Bertz CT molecular complexity index is 1030. The number of carbonyl (C=O) groups is 1. The van der Waals surface area contributed by atoms with Crippen molar-refractivity contribution < 1.29 is 14.3 Å². The number of fused-ring (bicyclic) bond motifs is 1. The maximum absolute atomic E-state index is 12.1. The van der Waals surface area contributed by atoms with Crippen LogP contribution in [-0.4, -0.2) is 29.0 Å². The zero-order chi connectivity index (χ0) is 20.4. The molecular weight excluding hydrogens is 386 g/mol. The van der Waals surface area contributed by atoms with E-state index in [0.29, 0.717) is 29.7 Å².